The minimum absolute atomic E-state index is 0.0339. The third-order valence-electron chi connectivity index (χ3n) is 6.13. The van der Waals surface area contributed by atoms with E-state index in [4.69, 9.17) is 4.42 Å². The molecule has 1 atom stereocenters. The number of benzene rings is 2. The van der Waals surface area contributed by atoms with Gasteiger partial charge in [-0.05, 0) is 54.9 Å². The van der Waals surface area contributed by atoms with Gasteiger partial charge in [0.2, 0.25) is 5.78 Å². The molecule has 2 aromatic carbocycles. The van der Waals surface area contributed by atoms with Crippen LogP contribution < -0.4 is 0 Å². The van der Waals surface area contributed by atoms with Gasteiger partial charge in [0.25, 0.3) is 5.91 Å². The quantitative estimate of drug-likeness (QED) is 0.422. The molecular formula is C27H29BrN2O4. The van der Waals surface area contributed by atoms with Gasteiger partial charge in [-0.2, -0.15) is 0 Å². The Morgan fingerprint density at radius 2 is 1.79 bits per heavy atom. The Morgan fingerprint density at radius 3 is 2.41 bits per heavy atom. The molecule has 6 nitrogen and oxygen atoms in total. The van der Waals surface area contributed by atoms with Crippen molar-refractivity contribution in [3.8, 4) is 0 Å². The first-order valence-electron chi connectivity index (χ1n) is 11.2. The maximum atomic E-state index is 13.6. The van der Waals surface area contributed by atoms with E-state index in [1.165, 1.54) is 0 Å². The molecular weight excluding hydrogens is 496 g/mol. The second-order valence-corrected chi connectivity index (χ2v) is 10.9. The van der Waals surface area contributed by atoms with Crippen LogP contribution in [0, 0.1) is 0 Å². The van der Waals surface area contributed by atoms with E-state index in [0.29, 0.717) is 18.7 Å². The van der Waals surface area contributed by atoms with Crippen molar-refractivity contribution in [3.63, 3.8) is 0 Å². The molecule has 0 spiro atoms. The van der Waals surface area contributed by atoms with Crippen LogP contribution in [0.15, 0.2) is 68.8 Å². The lowest BCUT2D eigenvalue weighted by Crippen LogP contribution is -2.36. The van der Waals surface area contributed by atoms with E-state index in [9.17, 15) is 14.7 Å². The molecule has 0 aliphatic carbocycles. The molecule has 0 bridgehead atoms. The second-order valence-electron chi connectivity index (χ2n) is 9.96. The molecule has 0 fully saturated rings. The number of likely N-dealkylation sites (N-methyl/N-ethyl adjacent to an activating group) is 1. The fourth-order valence-electron chi connectivity index (χ4n) is 4.19. The molecule has 4 rings (SSSR count). The van der Waals surface area contributed by atoms with Crippen LogP contribution in [0.3, 0.4) is 0 Å². The molecule has 34 heavy (non-hydrogen) atoms. The van der Waals surface area contributed by atoms with Crippen molar-refractivity contribution in [3.05, 3.63) is 81.2 Å². The normalized spacial score (nSPS) is 16.9. The zero-order valence-corrected chi connectivity index (χ0v) is 21.6. The molecule has 3 aromatic rings. The van der Waals surface area contributed by atoms with Crippen LogP contribution in [-0.4, -0.2) is 53.8 Å². The average Bonchev–Trinajstić information content (AvgIpc) is 3.30. The van der Waals surface area contributed by atoms with Crippen molar-refractivity contribution in [2.45, 2.75) is 32.2 Å². The predicted molar refractivity (Wildman–Crippen MR) is 136 cm³/mol. The average molecular weight is 525 g/mol. The van der Waals surface area contributed by atoms with Crippen LogP contribution >= 0.6 is 15.9 Å². The largest absolute Gasteiger partial charge is 0.503 e. The highest BCUT2D eigenvalue weighted by Gasteiger charge is 2.44. The van der Waals surface area contributed by atoms with Crippen molar-refractivity contribution in [2.75, 3.05) is 27.2 Å². The van der Waals surface area contributed by atoms with Crippen molar-refractivity contribution in [1.82, 2.24) is 9.80 Å². The van der Waals surface area contributed by atoms with E-state index < -0.39 is 23.5 Å². The topological polar surface area (TPSA) is 74.0 Å². The standard InChI is InChI=1S/C27H29BrN2O4/c1-27(2,3)18-8-6-16(7-9-18)23-22(25(32)26(33)30(23)13-12-29(4)5)24(31)21-15-17-14-19(28)10-11-20(17)34-21/h6-11,14-15,23,32H,12-13H2,1-5H3. The predicted octanol–water partition coefficient (Wildman–Crippen LogP) is 5.63. The minimum Gasteiger partial charge on any atom is -0.503 e. The maximum Gasteiger partial charge on any atom is 0.290 e. The number of nitrogens with zero attached hydrogens (tertiary/aromatic N) is 2. The number of carbonyl (C=O) groups is 2. The summed E-state index contributed by atoms with van der Waals surface area (Å²) < 4.78 is 6.67. The number of aliphatic hydroxyl groups is 1. The molecule has 1 aromatic heterocycles. The highest BCUT2D eigenvalue weighted by molar-refractivity contribution is 9.10. The SMILES string of the molecule is CN(C)CCN1C(=O)C(O)=C(C(=O)c2cc3cc(Br)ccc3o2)C1c1ccc(C(C)(C)C)cc1. The molecule has 1 aliphatic heterocycles. The molecule has 0 saturated heterocycles. The van der Waals surface area contributed by atoms with Crippen LogP contribution in [0.1, 0.15) is 48.5 Å². The van der Waals surface area contributed by atoms with Crippen LogP contribution in [0.25, 0.3) is 11.0 Å². The number of amides is 1. The van der Waals surface area contributed by atoms with Gasteiger partial charge in [-0.25, -0.2) is 0 Å². The number of hydrogen-bond donors (Lipinski definition) is 1. The van der Waals surface area contributed by atoms with Gasteiger partial charge in [0.05, 0.1) is 11.6 Å². The Labute approximate surface area is 208 Å². The summed E-state index contributed by atoms with van der Waals surface area (Å²) in [5.74, 6) is -1.46. The van der Waals surface area contributed by atoms with Crippen molar-refractivity contribution < 1.29 is 19.1 Å². The molecule has 7 heteroatoms. The second kappa shape index (κ2) is 9.04. The molecule has 1 amide bonds. The van der Waals surface area contributed by atoms with Crippen LogP contribution in [-0.2, 0) is 10.2 Å². The number of hydrogen-bond acceptors (Lipinski definition) is 5. The zero-order chi connectivity index (χ0) is 24.8. The first-order valence-corrected chi connectivity index (χ1v) is 12.0. The highest BCUT2D eigenvalue weighted by Crippen LogP contribution is 2.40. The summed E-state index contributed by atoms with van der Waals surface area (Å²) in [7, 11) is 3.83. The summed E-state index contributed by atoms with van der Waals surface area (Å²) in [6, 6.07) is 14.3. The zero-order valence-electron chi connectivity index (χ0n) is 20.1. The highest BCUT2D eigenvalue weighted by atomic mass is 79.9. The van der Waals surface area contributed by atoms with Gasteiger partial charge in [0.1, 0.15) is 5.58 Å². The van der Waals surface area contributed by atoms with Crippen molar-refractivity contribution in [1.29, 1.82) is 0 Å². The first-order chi connectivity index (χ1) is 16.0. The summed E-state index contributed by atoms with van der Waals surface area (Å²) in [6.45, 7) is 7.35. The molecule has 0 radical (unpaired) electrons. The lowest BCUT2D eigenvalue weighted by atomic mass is 9.85. The summed E-state index contributed by atoms with van der Waals surface area (Å²) in [5.41, 5.74) is 2.49. The number of furan rings is 1. The molecule has 178 valence electrons. The minimum atomic E-state index is -0.700. The Balaban J connectivity index is 1.78. The van der Waals surface area contributed by atoms with E-state index in [2.05, 4.69) is 36.7 Å². The fourth-order valence-corrected chi connectivity index (χ4v) is 4.57. The lowest BCUT2D eigenvalue weighted by Gasteiger charge is -2.28. The Hall–Kier alpha value is -2.90. The van der Waals surface area contributed by atoms with E-state index in [1.54, 1.807) is 17.0 Å². The van der Waals surface area contributed by atoms with Crippen LogP contribution in [0.4, 0.5) is 0 Å². The summed E-state index contributed by atoms with van der Waals surface area (Å²) >= 11 is 3.43. The van der Waals surface area contributed by atoms with E-state index in [1.807, 2.05) is 55.4 Å². The molecule has 1 aliphatic rings. The Bertz CT molecular complexity index is 1280. The summed E-state index contributed by atoms with van der Waals surface area (Å²) in [6.07, 6.45) is 0. The number of rotatable bonds is 6. The lowest BCUT2D eigenvalue weighted by molar-refractivity contribution is -0.129. The van der Waals surface area contributed by atoms with Crippen LogP contribution in [0.2, 0.25) is 0 Å². The third kappa shape index (κ3) is 4.55. The van der Waals surface area contributed by atoms with E-state index in [0.717, 1.165) is 21.0 Å². The Kier molecular flexibility index (Phi) is 6.44. The number of carbonyl (C=O) groups excluding carboxylic acids is 2. The van der Waals surface area contributed by atoms with Gasteiger partial charge in [-0.3, -0.25) is 9.59 Å². The molecule has 1 N–H and O–H groups in total. The summed E-state index contributed by atoms with van der Waals surface area (Å²) in [4.78, 5) is 30.3. The first kappa shape index (κ1) is 24.2. The van der Waals surface area contributed by atoms with Gasteiger partial charge in [-0.1, -0.05) is 61.0 Å². The number of halogens is 1. The van der Waals surface area contributed by atoms with Crippen LogP contribution in [0.5, 0.6) is 0 Å². The number of ketones is 1. The van der Waals surface area contributed by atoms with E-state index in [-0.39, 0.29) is 16.7 Å². The van der Waals surface area contributed by atoms with Gasteiger partial charge < -0.3 is 19.3 Å². The van der Waals surface area contributed by atoms with Gasteiger partial charge in [0, 0.05) is 22.9 Å². The summed E-state index contributed by atoms with van der Waals surface area (Å²) in [5, 5.41) is 11.6. The van der Waals surface area contributed by atoms with Gasteiger partial charge in [-0.15, -0.1) is 0 Å². The van der Waals surface area contributed by atoms with Crippen molar-refractivity contribution in [2.24, 2.45) is 0 Å². The van der Waals surface area contributed by atoms with Crippen molar-refractivity contribution >= 4 is 38.6 Å². The van der Waals surface area contributed by atoms with Gasteiger partial charge >= 0.3 is 0 Å². The fraction of sp³-hybridized carbons (Fsp3) is 0.333. The number of aliphatic hydroxyl groups excluding tert-OH is 1. The smallest absolute Gasteiger partial charge is 0.290 e. The molecule has 2 heterocycles. The van der Waals surface area contributed by atoms with Gasteiger partial charge in [0.15, 0.2) is 11.5 Å². The van der Waals surface area contributed by atoms with E-state index >= 15 is 0 Å². The number of Topliss-reactive ketones (excluding diaryl/α,β-unsaturated/α-hetero) is 1. The maximum absolute atomic E-state index is 13.6. The monoisotopic (exact) mass is 524 g/mol. The molecule has 1 unspecified atom stereocenters. The Morgan fingerprint density at radius 1 is 1.12 bits per heavy atom. The number of fused-ring (bicyclic) bond motifs is 1. The third-order valence-corrected chi connectivity index (χ3v) is 6.62. The molecule has 0 saturated carbocycles.